The summed E-state index contributed by atoms with van der Waals surface area (Å²) in [6.45, 7) is 0. The van der Waals surface area contributed by atoms with Gasteiger partial charge in [-0.25, -0.2) is 9.97 Å². The van der Waals surface area contributed by atoms with Gasteiger partial charge in [0, 0.05) is 29.5 Å². The minimum atomic E-state index is -0.199. The summed E-state index contributed by atoms with van der Waals surface area (Å²) in [5.74, 6) is 0.997. The van der Waals surface area contributed by atoms with Gasteiger partial charge in [0.15, 0.2) is 0 Å². The molecule has 1 N–H and O–H groups in total. The highest BCUT2D eigenvalue weighted by molar-refractivity contribution is 5.62. The normalized spacial score (nSPS) is 10.3. The molecule has 2 aromatic heterocycles. The van der Waals surface area contributed by atoms with Crippen molar-refractivity contribution in [3.05, 3.63) is 65.1 Å². The smallest absolute Gasteiger partial charge is 0.251 e. The van der Waals surface area contributed by atoms with Crippen molar-refractivity contribution in [2.75, 3.05) is 7.11 Å². The van der Waals surface area contributed by atoms with Gasteiger partial charge < -0.3 is 9.72 Å². The van der Waals surface area contributed by atoms with E-state index in [1.54, 1.807) is 25.4 Å². The fourth-order valence-corrected chi connectivity index (χ4v) is 1.99. The molecule has 104 valence electrons. The molecule has 3 aromatic rings. The third-order valence-electron chi connectivity index (χ3n) is 3.03. The van der Waals surface area contributed by atoms with Gasteiger partial charge in [-0.1, -0.05) is 30.3 Å². The molecule has 0 bridgehead atoms. The Kier molecular flexibility index (Phi) is 3.47. The van der Waals surface area contributed by atoms with Crippen LogP contribution < -0.4 is 10.3 Å². The van der Waals surface area contributed by atoms with Crippen LogP contribution in [0.4, 0.5) is 0 Å². The summed E-state index contributed by atoms with van der Waals surface area (Å²) < 4.78 is 5.02. The number of benzene rings is 1. The third kappa shape index (κ3) is 2.81. The highest BCUT2D eigenvalue weighted by Gasteiger charge is 2.06. The van der Waals surface area contributed by atoms with Crippen LogP contribution in [0.2, 0.25) is 0 Å². The molecule has 0 amide bonds. The molecule has 0 fully saturated rings. The van der Waals surface area contributed by atoms with Gasteiger partial charge in [0.05, 0.1) is 12.8 Å². The van der Waals surface area contributed by atoms with Crippen molar-refractivity contribution in [1.29, 1.82) is 0 Å². The average Bonchev–Trinajstić information content (AvgIpc) is 2.55. The minimum Gasteiger partial charge on any atom is -0.481 e. The molecule has 0 atom stereocenters. The zero-order valence-electron chi connectivity index (χ0n) is 11.4. The number of methoxy groups -OCH3 is 1. The van der Waals surface area contributed by atoms with Gasteiger partial charge in [0.25, 0.3) is 5.56 Å². The molecule has 0 saturated carbocycles. The van der Waals surface area contributed by atoms with Gasteiger partial charge in [-0.3, -0.25) is 4.79 Å². The number of aromatic nitrogens is 3. The molecule has 0 aliphatic heterocycles. The molecule has 21 heavy (non-hydrogen) atoms. The quantitative estimate of drug-likeness (QED) is 0.800. The van der Waals surface area contributed by atoms with Crippen molar-refractivity contribution < 1.29 is 4.74 Å². The first-order valence-corrected chi connectivity index (χ1v) is 6.43. The van der Waals surface area contributed by atoms with E-state index in [2.05, 4.69) is 15.0 Å². The number of rotatable bonds is 3. The van der Waals surface area contributed by atoms with Crippen molar-refractivity contribution in [3.63, 3.8) is 0 Å². The number of hydrogen-bond donors (Lipinski definition) is 1. The fraction of sp³-hybridized carbons (Fsp3) is 0.0625. The van der Waals surface area contributed by atoms with Gasteiger partial charge in [-0.2, -0.15) is 0 Å². The summed E-state index contributed by atoms with van der Waals surface area (Å²) in [5.41, 5.74) is 2.05. The first-order chi connectivity index (χ1) is 10.3. The Bertz CT molecular complexity index is 796. The lowest BCUT2D eigenvalue weighted by Gasteiger charge is -2.05. The second kappa shape index (κ2) is 5.58. The number of pyridine rings is 1. The average molecular weight is 279 g/mol. The number of nitrogens with zero attached hydrogens (tertiary/aromatic N) is 2. The molecule has 3 rings (SSSR count). The number of aromatic amines is 1. The molecule has 0 spiro atoms. The van der Waals surface area contributed by atoms with Crippen molar-refractivity contribution >= 4 is 0 Å². The first kappa shape index (κ1) is 13.1. The van der Waals surface area contributed by atoms with Crippen molar-refractivity contribution in [3.8, 4) is 28.5 Å². The standard InChI is InChI=1S/C16H13N3O2/c1-21-15-8-7-12(10-17-15)16-18-13(9-14(20)19-16)11-5-3-2-4-6-11/h2-10H,1H3,(H,18,19,20). The van der Waals surface area contributed by atoms with Crippen LogP contribution in [-0.2, 0) is 0 Å². The Morgan fingerprint density at radius 1 is 1.05 bits per heavy atom. The maximum Gasteiger partial charge on any atom is 0.251 e. The zero-order valence-corrected chi connectivity index (χ0v) is 11.4. The number of hydrogen-bond acceptors (Lipinski definition) is 4. The second-order valence-corrected chi connectivity index (χ2v) is 4.43. The molecule has 5 heteroatoms. The summed E-state index contributed by atoms with van der Waals surface area (Å²) >= 11 is 0. The minimum absolute atomic E-state index is 0.199. The highest BCUT2D eigenvalue weighted by atomic mass is 16.5. The molecule has 2 heterocycles. The summed E-state index contributed by atoms with van der Waals surface area (Å²) in [5, 5.41) is 0. The van der Waals surface area contributed by atoms with E-state index in [4.69, 9.17) is 4.74 Å². The number of ether oxygens (including phenoxy) is 1. The molecule has 0 unspecified atom stereocenters. The Labute approximate surface area is 121 Å². The Morgan fingerprint density at radius 2 is 1.86 bits per heavy atom. The number of H-pyrrole nitrogens is 1. The van der Waals surface area contributed by atoms with Crippen LogP contribution >= 0.6 is 0 Å². The van der Waals surface area contributed by atoms with E-state index in [9.17, 15) is 4.79 Å². The lowest BCUT2D eigenvalue weighted by molar-refractivity contribution is 0.398. The SMILES string of the molecule is COc1ccc(-c2nc(-c3ccccc3)cc(=O)[nH]2)cn1. The summed E-state index contributed by atoms with van der Waals surface area (Å²) in [7, 11) is 1.55. The lowest BCUT2D eigenvalue weighted by atomic mass is 10.1. The van der Waals surface area contributed by atoms with Gasteiger partial charge in [-0.15, -0.1) is 0 Å². The lowest BCUT2D eigenvalue weighted by Crippen LogP contribution is -2.08. The highest BCUT2D eigenvalue weighted by Crippen LogP contribution is 2.19. The molecular weight excluding hydrogens is 266 g/mol. The third-order valence-corrected chi connectivity index (χ3v) is 3.03. The predicted octanol–water partition coefficient (Wildman–Crippen LogP) is 2.51. The van der Waals surface area contributed by atoms with E-state index < -0.39 is 0 Å². The predicted molar refractivity (Wildman–Crippen MR) is 80.1 cm³/mol. The van der Waals surface area contributed by atoms with Crippen molar-refractivity contribution in [2.45, 2.75) is 0 Å². The topological polar surface area (TPSA) is 67.9 Å². The van der Waals surface area contributed by atoms with Gasteiger partial charge in [-0.05, 0) is 6.07 Å². The van der Waals surface area contributed by atoms with Crippen LogP contribution in [0.5, 0.6) is 5.88 Å². The van der Waals surface area contributed by atoms with Crippen LogP contribution in [0.1, 0.15) is 0 Å². The Balaban J connectivity index is 2.07. The first-order valence-electron chi connectivity index (χ1n) is 6.43. The van der Waals surface area contributed by atoms with Crippen LogP contribution in [0.3, 0.4) is 0 Å². The summed E-state index contributed by atoms with van der Waals surface area (Å²) in [6.07, 6.45) is 1.62. The van der Waals surface area contributed by atoms with Crippen molar-refractivity contribution in [2.24, 2.45) is 0 Å². The summed E-state index contributed by atoms with van der Waals surface area (Å²) in [4.78, 5) is 23.2. The summed E-state index contributed by atoms with van der Waals surface area (Å²) in [6, 6.07) is 14.6. The van der Waals surface area contributed by atoms with Gasteiger partial charge >= 0.3 is 0 Å². The van der Waals surface area contributed by atoms with E-state index in [-0.39, 0.29) is 5.56 Å². The van der Waals surface area contributed by atoms with Gasteiger partial charge in [0.1, 0.15) is 5.82 Å². The van der Waals surface area contributed by atoms with Crippen LogP contribution in [0, 0.1) is 0 Å². The maximum absolute atomic E-state index is 11.8. The second-order valence-electron chi connectivity index (χ2n) is 4.43. The van der Waals surface area contributed by atoms with E-state index in [0.29, 0.717) is 17.4 Å². The van der Waals surface area contributed by atoms with Crippen LogP contribution in [0.25, 0.3) is 22.6 Å². The van der Waals surface area contributed by atoms with Crippen molar-refractivity contribution in [1.82, 2.24) is 15.0 Å². The molecule has 5 nitrogen and oxygen atoms in total. The van der Waals surface area contributed by atoms with E-state index in [1.165, 1.54) is 6.07 Å². The van der Waals surface area contributed by atoms with Gasteiger partial charge in [0.2, 0.25) is 5.88 Å². The molecule has 0 aliphatic rings. The largest absolute Gasteiger partial charge is 0.481 e. The van der Waals surface area contributed by atoms with Crippen LogP contribution in [0.15, 0.2) is 59.5 Å². The molecular formula is C16H13N3O2. The number of nitrogens with one attached hydrogen (secondary N) is 1. The zero-order chi connectivity index (χ0) is 14.7. The monoisotopic (exact) mass is 279 g/mol. The Morgan fingerprint density at radius 3 is 2.52 bits per heavy atom. The molecule has 0 saturated heterocycles. The fourth-order valence-electron chi connectivity index (χ4n) is 1.99. The molecule has 0 aliphatic carbocycles. The van der Waals surface area contributed by atoms with E-state index in [1.807, 2.05) is 30.3 Å². The molecule has 1 aromatic carbocycles. The van der Waals surface area contributed by atoms with E-state index in [0.717, 1.165) is 11.1 Å². The maximum atomic E-state index is 11.8. The van der Waals surface area contributed by atoms with E-state index >= 15 is 0 Å². The molecule has 0 radical (unpaired) electrons. The van der Waals surface area contributed by atoms with Crippen LogP contribution in [-0.4, -0.2) is 22.1 Å². The Hall–Kier alpha value is -2.95.